The molecule has 4 rings (SSSR count). The minimum Gasteiger partial charge on any atom is -0.477 e. The van der Waals surface area contributed by atoms with E-state index in [1.165, 1.54) is 56.9 Å². The number of aromatic nitrogens is 3. The second-order valence-corrected chi connectivity index (χ2v) is 11.0. The van der Waals surface area contributed by atoms with E-state index in [0.717, 1.165) is 25.9 Å². The van der Waals surface area contributed by atoms with Crippen LogP contribution in [0.4, 0.5) is 27.9 Å². The summed E-state index contributed by atoms with van der Waals surface area (Å²) in [6.07, 6.45) is 11.0. The second-order valence-electron chi connectivity index (χ2n) is 9.66. The number of rotatable bonds is 12. The zero-order valence-electron chi connectivity index (χ0n) is 21.2. The van der Waals surface area contributed by atoms with Gasteiger partial charge in [-0.3, -0.25) is 4.21 Å². The molecule has 2 fully saturated rings. The molecule has 3 unspecified atom stereocenters. The summed E-state index contributed by atoms with van der Waals surface area (Å²) in [7, 11) is -1.18. The summed E-state index contributed by atoms with van der Waals surface area (Å²) >= 11 is 0. The summed E-state index contributed by atoms with van der Waals surface area (Å²) in [6, 6.07) is 5.08. The highest BCUT2D eigenvalue weighted by molar-refractivity contribution is 7.84. The molecule has 0 spiro atoms. The summed E-state index contributed by atoms with van der Waals surface area (Å²) in [5, 5.41) is 13.6. The minimum atomic E-state index is -1.18. The van der Waals surface area contributed by atoms with E-state index in [1.807, 2.05) is 0 Å². The lowest BCUT2D eigenvalue weighted by Gasteiger charge is -2.24. The van der Waals surface area contributed by atoms with Crippen LogP contribution in [0.25, 0.3) is 0 Å². The number of nitrogens with zero attached hydrogens (tertiary/aromatic N) is 3. The van der Waals surface area contributed by atoms with E-state index in [9.17, 15) is 8.60 Å². The molecule has 3 atom stereocenters. The molecule has 11 heteroatoms. The van der Waals surface area contributed by atoms with Gasteiger partial charge in [-0.05, 0) is 56.7 Å². The molecule has 4 N–H and O–H groups in total. The fourth-order valence-electron chi connectivity index (χ4n) is 4.88. The Morgan fingerprint density at radius 3 is 2.58 bits per heavy atom. The van der Waals surface area contributed by atoms with Gasteiger partial charge >= 0.3 is 0 Å². The Morgan fingerprint density at radius 1 is 1.11 bits per heavy atom. The van der Waals surface area contributed by atoms with E-state index >= 15 is 0 Å². The van der Waals surface area contributed by atoms with Crippen molar-refractivity contribution in [3.8, 4) is 5.75 Å². The van der Waals surface area contributed by atoms with E-state index in [0.29, 0.717) is 35.5 Å². The monoisotopic (exact) mass is 519 g/mol. The summed E-state index contributed by atoms with van der Waals surface area (Å²) in [5.41, 5.74) is 0.484. The predicted molar refractivity (Wildman–Crippen MR) is 143 cm³/mol. The summed E-state index contributed by atoms with van der Waals surface area (Å²) in [6.45, 7) is 4.00. The van der Waals surface area contributed by atoms with Crippen molar-refractivity contribution >= 4 is 34.3 Å². The molecule has 0 amide bonds. The molecule has 36 heavy (non-hydrogen) atoms. The largest absolute Gasteiger partial charge is 0.477 e. The predicted octanol–water partition coefficient (Wildman–Crippen LogP) is 4.40. The third-order valence-electron chi connectivity index (χ3n) is 6.82. The molecular weight excluding hydrogens is 481 g/mol. The van der Waals surface area contributed by atoms with Gasteiger partial charge < -0.3 is 26.0 Å². The number of benzene rings is 1. The Labute approximate surface area is 215 Å². The molecule has 2 heterocycles. The smallest absolute Gasteiger partial charge is 0.233 e. The van der Waals surface area contributed by atoms with Crippen molar-refractivity contribution in [1.29, 1.82) is 0 Å². The molecule has 1 saturated heterocycles. The maximum atomic E-state index is 14.5. The van der Waals surface area contributed by atoms with Gasteiger partial charge in [0.15, 0.2) is 17.5 Å². The molecular formula is C25H38FN7O2S. The summed E-state index contributed by atoms with van der Waals surface area (Å²) < 4.78 is 31.0. The highest BCUT2D eigenvalue weighted by Crippen LogP contribution is 2.26. The number of hydrogen-bond donors (Lipinski definition) is 4. The Balaban J connectivity index is 1.50. The zero-order valence-corrected chi connectivity index (χ0v) is 22.0. The van der Waals surface area contributed by atoms with Crippen LogP contribution in [0, 0.1) is 11.7 Å². The lowest BCUT2D eigenvalue weighted by atomic mass is 9.89. The molecule has 0 bridgehead atoms. The molecule has 1 aliphatic heterocycles. The van der Waals surface area contributed by atoms with Crippen LogP contribution in [-0.2, 0) is 10.8 Å². The van der Waals surface area contributed by atoms with Crippen molar-refractivity contribution in [2.24, 2.45) is 5.92 Å². The van der Waals surface area contributed by atoms with E-state index in [4.69, 9.17) is 4.74 Å². The number of anilines is 4. The van der Waals surface area contributed by atoms with Crippen molar-refractivity contribution in [3.63, 3.8) is 0 Å². The lowest BCUT2D eigenvalue weighted by Crippen LogP contribution is -2.40. The van der Waals surface area contributed by atoms with Crippen LogP contribution in [0.15, 0.2) is 18.2 Å². The Kier molecular flexibility index (Phi) is 9.68. The van der Waals surface area contributed by atoms with Crippen LogP contribution in [0.1, 0.15) is 58.3 Å². The molecule has 1 saturated carbocycles. The van der Waals surface area contributed by atoms with E-state index < -0.39 is 16.6 Å². The van der Waals surface area contributed by atoms with Gasteiger partial charge in [0, 0.05) is 36.6 Å². The first-order chi connectivity index (χ1) is 17.5. The number of ether oxygens (including phenoxy) is 1. The first-order valence-electron chi connectivity index (χ1n) is 13.0. The van der Waals surface area contributed by atoms with E-state index in [2.05, 4.69) is 43.1 Å². The fourth-order valence-corrected chi connectivity index (χ4v) is 5.17. The summed E-state index contributed by atoms with van der Waals surface area (Å²) in [5.74, 6) is 1.39. The molecule has 1 aromatic heterocycles. The van der Waals surface area contributed by atoms with Gasteiger partial charge in [0.1, 0.15) is 0 Å². The van der Waals surface area contributed by atoms with Gasteiger partial charge in [-0.25, -0.2) is 4.39 Å². The zero-order chi connectivity index (χ0) is 25.3. The molecule has 2 aliphatic rings. The third kappa shape index (κ3) is 7.73. The summed E-state index contributed by atoms with van der Waals surface area (Å²) in [4.78, 5) is 13.8. The van der Waals surface area contributed by atoms with Gasteiger partial charge in [0.25, 0.3) is 0 Å². The van der Waals surface area contributed by atoms with Gasteiger partial charge in [-0.15, -0.1) is 0 Å². The molecule has 1 aromatic carbocycles. The number of hydrogen-bond acceptors (Lipinski definition) is 9. The van der Waals surface area contributed by atoms with E-state index in [1.54, 1.807) is 6.07 Å². The Hall–Kier alpha value is -2.53. The van der Waals surface area contributed by atoms with Crippen LogP contribution in [0.5, 0.6) is 5.75 Å². The SMILES string of the molecule is CCC(Nc1nc(NCC2CCCCC2)nc(Nc2ccc(OCS(C)=O)c(F)c2)n1)C1CCCN1. The van der Waals surface area contributed by atoms with Gasteiger partial charge in [0.2, 0.25) is 17.8 Å². The second kappa shape index (κ2) is 13.1. The van der Waals surface area contributed by atoms with Crippen LogP contribution >= 0.6 is 0 Å². The first kappa shape index (κ1) is 26.5. The average Bonchev–Trinajstić information content (AvgIpc) is 3.41. The van der Waals surface area contributed by atoms with Crippen molar-refractivity contribution < 1.29 is 13.3 Å². The van der Waals surface area contributed by atoms with Gasteiger partial charge in [-0.2, -0.15) is 15.0 Å². The highest BCUT2D eigenvalue weighted by atomic mass is 32.2. The standard InChI is InChI=1S/C25H38FN7O2S/c1-3-20(21-10-7-13-27-21)30-25-32-23(28-15-17-8-5-4-6-9-17)31-24(33-25)29-18-11-12-22(19(26)14-18)35-16-36(2)34/h11-12,14,17,20-21,27H,3-10,13,15-16H2,1-2H3,(H3,28,29,30,31,32,33). The molecule has 2 aromatic rings. The third-order valence-corrected chi connectivity index (χ3v) is 7.27. The van der Waals surface area contributed by atoms with Gasteiger partial charge in [0.05, 0.1) is 10.8 Å². The maximum Gasteiger partial charge on any atom is 0.233 e. The molecule has 0 radical (unpaired) electrons. The van der Waals surface area contributed by atoms with E-state index in [-0.39, 0.29) is 17.7 Å². The van der Waals surface area contributed by atoms with Crippen molar-refractivity contribution in [2.45, 2.75) is 70.4 Å². The number of halogens is 1. The fraction of sp³-hybridized carbons (Fsp3) is 0.640. The normalized spacial score (nSPS) is 20.0. The van der Waals surface area contributed by atoms with Crippen LogP contribution in [-0.4, -0.2) is 56.5 Å². The highest BCUT2D eigenvalue weighted by Gasteiger charge is 2.24. The van der Waals surface area contributed by atoms with Crippen molar-refractivity contribution in [3.05, 3.63) is 24.0 Å². The van der Waals surface area contributed by atoms with Crippen LogP contribution in [0.3, 0.4) is 0 Å². The topological polar surface area (TPSA) is 113 Å². The average molecular weight is 520 g/mol. The molecule has 1 aliphatic carbocycles. The quantitative estimate of drug-likeness (QED) is 0.324. The number of nitrogens with one attached hydrogen (secondary N) is 4. The molecule has 198 valence electrons. The van der Waals surface area contributed by atoms with Crippen LogP contribution in [0.2, 0.25) is 0 Å². The first-order valence-corrected chi connectivity index (χ1v) is 14.7. The van der Waals surface area contributed by atoms with Gasteiger partial charge in [-0.1, -0.05) is 26.2 Å². The lowest BCUT2D eigenvalue weighted by molar-refractivity contribution is 0.363. The Morgan fingerprint density at radius 2 is 1.89 bits per heavy atom. The Bertz CT molecular complexity index is 1020. The van der Waals surface area contributed by atoms with Crippen molar-refractivity contribution in [1.82, 2.24) is 20.3 Å². The maximum absolute atomic E-state index is 14.5. The van der Waals surface area contributed by atoms with Crippen LogP contribution < -0.4 is 26.0 Å². The van der Waals surface area contributed by atoms with Crippen molar-refractivity contribution in [2.75, 3.05) is 41.2 Å². The minimum absolute atomic E-state index is 0.0541. The molecule has 9 nitrogen and oxygen atoms in total.